The van der Waals surface area contributed by atoms with Crippen molar-refractivity contribution in [2.24, 2.45) is 0 Å². The van der Waals surface area contributed by atoms with Crippen LogP contribution in [0.25, 0.3) is 10.9 Å². The summed E-state index contributed by atoms with van der Waals surface area (Å²) in [5, 5.41) is 4.02. The first kappa shape index (κ1) is 22.3. The van der Waals surface area contributed by atoms with Crippen molar-refractivity contribution < 1.29 is 4.79 Å². The van der Waals surface area contributed by atoms with E-state index in [0.717, 1.165) is 28.0 Å². The molecule has 0 bridgehead atoms. The summed E-state index contributed by atoms with van der Waals surface area (Å²) in [5.41, 5.74) is 3.90. The minimum Gasteiger partial charge on any atom is -0.323 e. The third-order valence-corrected chi connectivity index (χ3v) is 5.65. The molecule has 0 unspecified atom stereocenters. The molecule has 1 N–H and O–H groups in total. The molecule has 1 aromatic carbocycles. The van der Waals surface area contributed by atoms with E-state index in [1.807, 2.05) is 89.8 Å². The van der Waals surface area contributed by atoms with E-state index in [0.29, 0.717) is 12.2 Å². The molecule has 35 heavy (non-hydrogen) atoms. The Bertz CT molecular complexity index is 1350. The normalized spacial score (nSPS) is 11.1. The second-order valence-electron chi connectivity index (χ2n) is 8.07. The van der Waals surface area contributed by atoms with Crippen LogP contribution in [0.4, 0.5) is 5.69 Å². The lowest BCUT2D eigenvalue weighted by Gasteiger charge is -2.30. The van der Waals surface area contributed by atoms with Crippen LogP contribution in [0.3, 0.4) is 0 Å². The number of carbonyl (C=O) groups excluding carboxylic acids is 1. The number of para-hydroxylation sites is 1. The summed E-state index contributed by atoms with van der Waals surface area (Å²) >= 11 is 0. The monoisotopic (exact) mass is 460 g/mol. The van der Waals surface area contributed by atoms with Crippen LogP contribution in [0.2, 0.25) is 0 Å². The molecule has 0 fully saturated rings. The molecule has 0 atom stereocenters. The van der Waals surface area contributed by atoms with Gasteiger partial charge in [-0.2, -0.15) is 0 Å². The van der Waals surface area contributed by atoms with Gasteiger partial charge in [0.25, 0.3) is 0 Å². The summed E-state index contributed by atoms with van der Waals surface area (Å²) in [7, 11) is 0. The van der Waals surface area contributed by atoms with Gasteiger partial charge < -0.3 is 5.32 Å². The highest BCUT2D eigenvalue weighted by atomic mass is 16.2. The van der Waals surface area contributed by atoms with Crippen molar-refractivity contribution in [1.82, 2.24) is 24.8 Å². The highest BCUT2D eigenvalue weighted by Crippen LogP contribution is 2.28. The Morgan fingerprint density at radius 2 is 1.37 bits per heavy atom. The average molecular weight is 461 g/mol. The van der Waals surface area contributed by atoms with Gasteiger partial charge in [0, 0.05) is 36.7 Å². The van der Waals surface area contributed by atoms with Gasteiger partial charge in [0.2, 0.25) is 5.91 Å². The predicted octanol–water partition coefficient (Wildman–Crippen LogP) is 4.65. The standard InChI is InChI=1S/C28H24N6O/c35-26(33-23-14-7-9-21-10-8-18-32-27(21)23)20-34(19-22-11-1-4-15-29-22)28(24-12-2-5-16-30-24)25-13-3-6-17-31-25/h1-18,28H,19-20H2,(H,33,35). The van der Waals surface area contributed by atoms with E-state index in [1.165, 1.54) is 0 Å². The van der Waals surface area contributed by atoms with Gasteiger partial charge in [-0.05, 0) is 48.5 Å². The first-order valence-corrected chi connectivity index (χ1v) is 11.4. The SMILES string of the molecule is O=C(CN(Cc1ccccn1)C(c1ccccn1)c1ccccn1)Nc1cccc2cccnc12. The van der Waals surface area contributed by atoms with Crippen LogP contribution in [0, 0.1) is 0 Å². The van der Waals surface area contributed by atoms with Gasteiger partial charge in [0.15, 0.2) is 0 Å². The van der Waals surface area contributed by atoms with Gasteiger partial charge in [-0.1, -0.05) is 36.4 Å². The van der Waals surface area contributed by atoms with Crippen molar-refractivity contribution in [3.63, 3.8) is 0 Å². The van der Waals surface area contributed by atoms with Crippen LogP contribution < -0.4 is 5.32 Å². The van der Waals surface area contributed by atoms with Gasteiger partial charge in [-0.25, -0.2) is 0 Å². The van der Waals surface area contributed by atoms with Crippen molar-refractivity contribution in [3.8, 4) is 0 Å². The average Bonchev–Trinajstić information content (AvgIpc) is 2.91. The summed E-state index contributed by atoms with van der Waals surface area (Å²) in [6.45, 7) is 0.553. The van der Waals surface area contributed by atoms with Gasteiger partial charge in [0.1, 0.15) is 0 Å². The topological polar surface area (TPSA) is 83.9 Å². The Morgan fingerprint density at radius 3 is 2.03 bits per heavy atom. The molecule has 4 heterocycles. The molecular formula is C28H24N6O. The third-order valence-electron chi connectivity index (χ3n) is 5.65. The zero-order valence-electron chi connectivity index (χ0n) is 19.0. The number of hydrogen-bond acceptors (Lipinski definition) is 6. The zero-order chi connectivity index (χ0) is 23.9. The number of nitrogens with zero attached hydrogens (tertiary/aromatic N) is 5. The number of amides is 1. The lowest BCUT2D eigenvalue weighted by molar-refractivity contribution is -0.117. The molecule has 7 heteroatoms. The molecule has 7 nitrogen and oxygen atoms in total. The molecule has 0 spiro atoms. The first-order chi connectivity index (χ1) is 17.3. The van der Waals surface area contributed by atoms with E-state index < -0.39 is 0 Å². The van der Waals surface area contributed by atoms with Crippen LogP contribution in [0.1, 0.15) is 23.1 Å². The fourth-order valence-corrected chi connectivity index (χ4v) is 4.12. The summed E-state index contributed by atoms with van der Waals surface area (Å²) in [6, 6.07) is 26.6. The molecule has 5 rings (SSSR count). The second-order valence-corrected chi connectivity index (χ2v) is 8.07. The number of benzene rings is 1. The van der Waals surface area contributed by atoms with Crippen molar-refractivity contribution in [3.05, 3.63) is 127 Å². The van der Waals surface area contributed by atoms with E-state index in [4.69, 9.17) is 0 Å². The number of aromatic nitrogens is 4. The van der Waals surface area contributed by atoms with Crippen LogP contribution in [-0.4, -0.2) is 37.3 Å². The second kappa shape index (κ2) is 10.6. The van der Waals surface area contributed by atoms with Crippen molar-refractivity contribution in [2.75, 3.05) is 11.9 Å². The summed E-state index contributed by atoms with van der Waals surface area (Å²) < 4.78 is 0. The Balaban J connectivity index is 1.49. The van der Waals surface area contributed by atoms with E-state index in [9.17, 15) is 4.79 Å². The van der Waals surface area contributed by atoms with Crippen LogP contribution >= 0.6 is 0 Å². The highest BCUT2D eigenvalue weighted by molar-refractivity contribution is 6.00. The summed E-state index contributed by atoms with van der Waals surface area (Å²) in [6.07, 6.45) is 6.99. The number of nitrogens with one attached hydrogen (secondary N) is 1. The summed E-state index contributed by atoms with van der Waals surface area (Å²) in [4.78, 5) is 33.6. The van der Waals surface area contributed by atoms with E-state index in [1.54, 1.807) is 24.8 Å². The minimum atomic E-state index is -0.337. The first-order valence-electron chi connectivity index (χ1n) is 11.4. The Labute approximate surface area is 203 Å². The van der Waals surface area contributed by atoms with Crippen molar-refractivity contribution in [2.45, 2.75) is 12.6 Å². The maximum atomic E-state index is 13.4. The quantitative estimate of drug-likeness (QED) is 0.363. The van der Waals surface area contributed by atoms with Gasteiger partial charge in [0.05, 0.1) is 40.9 Å². The fourth-order valence-electron chi connectivity index (χ4n) is 4.12. The molecule has 4 aromatic heterocycles. The number of hydrogen-bond donors (Lipinski definition) is 1. The van der Waals surface area contributed by atoms with Crippen LogP contribution in [-0.2, 0) is 11.3 Å². The molecule has 172 valence electrons. The smallest absolute Gasteiger partial charge is 0.238 e. The number of fused-ring (bicyclic) bond motifs is 1. The van der Waals surface area contributed by atoms with Crippen molar-refractivity contribution >= 4 is 22.5 Å². The predicted molar refractivity (Wildman–Crippen MR) is 135 cm³/mol. The molecular weight excluding hydrogens is 436 g/mol. The van der Waals surface area contributed by atoms with Gasteiger partial charge >= 0.3 is 0 Å². The Morgan fingerprint density at radius 1 is 0.714 bits per heavy atom. The van der Waals surface area contributed by atoms with E-state index >= 15 is 0 Å². The lowest BCUT2D eigenvalue weighted by atomic mass is 10.1. The number of pyridine rings is 4. The lowest BCUT2D eigenvalue weighted by Crippen LogP contribution is -2.37. The Kier molecular flexibility index (Phi) is 6.77. The maximum Gasteiger partial charge on any atom is 0.238 e. The molecule has 0 aliphatic heterocycles. The zero-order valence-corrected chi connectivity index (χ0v) is 19.0. The molecule has 0 radical (unpaired) electrons. The number of rotatable bonds is 8. The van der Waals surface area contributed by atoms with E-state index in [2.05, 4.69) is 25.3 Å². The molecule has 0 aliphatic rings. The largest absolute Gasteiger partial charge is 0.323 e. The molecule has 5 aromatic rings. The molecule has 0 aliphatic carbocycles. The van der Waals surface area contributed by atoms with Gasteiger partial charge in [-0.15, -0.1) is 0 Å². The van der Waals surface area contributed by atoms with Gasteiger partial charge in [-0.3, -0.25) is 29.6 Å². The third kappa shape index (κ3) is 5.37. The summed E-state index contributed by atoms with van der Waals surface area (Å²) in [5.74, 6) is -0.157. The molecule has 0 saturated carbocycles. The van der Waals surface area contributed by atoms with Crippen LogP contribution in [0.5, 0.6) is 0 Å². The number of carbonyl (C=O) groups is 1. The van der Waals surface area contributed by atoms with Crippen molar-refractivity contribution in [1.29, 1.82) is 0 Å². The Hall–Kier alpha value is -4.49. The number of anilines is 1. The maximum absolute atomic E-state index is 13.4. The minimum absolute atomic E-state index is 0.109. The molecule has 0 saturated heterocycles. The van der Waals surface area contributed by atoms with E-state index in [-0.39, 0.29) is 18.5 Å². The molecule has 1 amide bonds. The fraction of sp³-hybridized carbons (Fsp3) is 0.107. The van der Waals surface area contributed by atoms with Crippen LogP contribution in [0.15, 0.2) is 110 Å². The highest BCUT2D eigenvalue weighted by Gasteiger charge is 2.27.